The van der Waals surface area contributed by atoms with Gasteiger partial charge in [0.05, 0.1) is 6.10 Å². The molecule has 0 saturated carbocycles. The number of rotatable bonds is 5. The van der Waals surface area contributed by atoms with E-state index in [0.717, 1.165) is 31.6 Å². The van der Waals surface area contributed by atoms with Crippen LogP contribution < -0.4 is 0 Å². The molecule has 1 aromatic carbocycles. The number of hydrogen-bond donors (Lipinski definition) is 1. The average Bonchev–Trinajstić information content (AvgIpc) is 3.12. The number of benzene rings is 1. The first-order valence-electron chi connectivity index (χ1n) is 9.24. The van der Waals surface area contributed by atoms with Gasteiger partial charge in [0, 0.05) is 25.3 Å². The van der Waals surface area contributed by atoms with Gasteiger partial charge >= 0.3 is 0 Å². The Morgan fingerprint density at radius 1 is 1.12 bits per heavy atom. The molecule has 1 amide bonds. The molecule has 2 heterocycles. The van der Waals surface area contributed by atoms with Gasteiger partial charge in [0.25, 0.3) is 5.91 Å². The first-order valence-corrected chi connectivity index (χ1v) is 9.24. The quantitative estimate of drug-likeness (QED) is 0.905. The van der Waals surface area contributed by atoms with Gasteiger partial charge in [0.2, 0.25) is 0 Å². The van der Waals surface area contributed by atoms with Gasteiger partial charge in [-0.2, -0.15) is 0 Å². The van der Waals surface area contributed by atoms with Crippen molar-refractivity contribution in [2.75, 3.05) is 13.1 Å². The van der Waals surface area contributed by atoms with Crippen LogP contribution in [0.1, 0.15) is 48.8 Å². The Morgan fingerprint density at radius 2 is 1.80 bits per heavy atom. The summed E-state index contributed by atoms with van der Waals surface area (Å²) in [5.41, 5.74) is 1.93. The molecule has 4 heteroatoms. The third-order valence-electron chi connectivity index (χ3n) is 5.21. The fourth-order valence-electron chi connectivity index (χ4n) is 3.70. The van der Waals surface area contributed by atoms with E-state index < -0.39 is 0 Å². The van der Waals surface area contributed by atoms with Crippen molar-refractivity contribution < 1.29 is 9.90 Å². The van der Waals surface area contributed by atoms with Crippen molar-refractivity contribution in [1.82, 2.24) is 9.47 Å². The summed E-state index contributed by atoms with van der Waals surface area (Å²) in [5, 5.41) is 10.5. The van der Waals surface area contributed by atoms with Crippen molar-refractivity contribution in [2.24, 2.45) is 5.92 Å². The second kappa shape index (κ2) is 7.87. The Morgan fingerprint density at radius 3 is 2.44 bits per heavy atom. The lowest BCUT2D eigenvalue weighted by Gasteiger charge is -2.34. The number of piperidine rings is 1. The van der Waals surface area contributed by atoms with Crippen molar-refractivity contribution >= 4 is 5.91 Å². The summed E-state index contributed by atoms with van der Waals surface area (Å²) in [5.74, 6) is 0.371. The number of carbonyl (C=O) groups excluding carboxylic acids is 1. The van der Waals surface area contributed by atoms with Crippen LogP contribution in [0.5, 0.6) is 0 Å². The second-order valence-corrected chi connectivity index (χ2v) is 7.28. The van der Waals surface area contributed by atoms with Crippen LogP contribution in [-0.2, 0) is 6.42 Å². The highest BCUT2D eigenvalue weighted by atomic mass is 16.3. The maximum atomic E-state index is 12.8. The number of amides is 1. The zero-order chi connectivity index (χ0) is 17.8. The smallest absolute Gasteiger partial charge is 0.270 e. The molecule has 25 heavy (non-hydrogen) atoms. The van der Waals surface area contributed by atoms with Crippen LogP contribution >= 0.6 is 0 Å². The van der Waals surface area contributed by atoms with Crippen LogP contribution in [0.15, 0.2) is 48.7 Å². The molecule has 1 atom stereocenters. The monoisotopic (exact) mass is 340 g/mol. The summed E-state index contributed by atoms with van der Waals surface area (Å²) in [6.45, 7) is 5.61. The van der Waals surface area contributed by atoms with Gasteiger partial charge in [-0.05, 0) is 56.7 Å². The van der Waals surface area contributed by atoms with Gasteiger partial charge in [-0.15, -0.1) is 0 Å². The highest BCUT2D eigenvalue weighted by Crippen LogP contribution is 2.24. The SMILES string of the molecule is CC(C)n1cccc1C(=O)N1CCC([C@@H](O)Cc2ccccc2)CC1. The molecule has 0 aliphatic carbocycles. The van der Waals surface area contributed by atoms with Crippen molar-refractivity contribution in [3.05, 3.63) is 59.9 Å². The Bertz CT molecular complexity index is 685. The Balaban J connectivity index is 1.56. The number of likely N-dealkylation sites (tertiary alicyclic amines) is 1. The van der Waals surface area contributed by atoms with E-state index in [1.807, 2.05) is 46.0 Å². The molecule has 0 spiro atoms. The van der Waals surface area contributed by atoms with Gasteiger partial charge in [-0.25, -0.2) is 0 Å². The van der Waals surface area contributed by atoms with Gasteiger partial charge in [-0.1, -0.05) is 30.3 Å². The molecule has 0 bridgehead atoms. The molecule has 1 fully saturated rings. The number of hydrogen-bond acceptors (Lipinski definition) is 2. The summed E-state index contributed by atoms with van der Waals surface area (Å²) in [6.07, 6.45) is 4.05. The molecule has 134 valence electrons. The fraction of sp³-hybridized carbons (Fsp3) is 0.476. The number of aliphatic hydroxyl groups excluding tert-OH is 1. The highest BCUT2D eigenvalue weighted by molar-refractivity contribution is 5.92. The minimum atomic E-state index is -0.334. The molecule has 1 aliphatic rings. The number of carbonyl (C=O) groups is 1. The molecule has 1 N–H and O–H groups in total. The maximum Gasteiger partial charge on any atom is 0.270 e. The number of aliphatic hydroxyl groups is 1. The van der Waals surface area contributed by atoms with Gasteiger partial charge in [-0.3, -0.25) is 4.79 Å². The Labute approximate surface area is 150 Å². The first-order chi connectivity index (χ1) is 12.1. The Kier molecular flexibility index (Phi) is 5.59. The van der Waals surface area contributed by atoms with Crippen molar-refractivity contribution in [2.45, 2.75) is 45.3 Å². The van der Waals surface area contributed by atoms with Crippen LogP contribution in [0, 0.1) is 5.92 Å². The van der Waals surface area contributed by atoms with E-state index in [0.29, 0.717) is 6.42 Å². The number of aromatic nitrogens is 1. The van der Waals surface area contributed by atoms with Crippen LogP contribution in [0.25, 0.3) is 0 Å². The van der Waals surface area contributed by atoms with E-state index in [1.54, 1.807) is 0 Å². The molecule has 1 aromatic heterocycles. The minimum Gasteiger partial charge on any atom is -0.392 e. The van der Waals surface area contributed by atoms with Gasteiger partial charge in [0.15, 0.2) is 0 Å². The lowest BCUT2D eigenvalue weighted by atomic mass is 9.88. The van der Waals surface area contributed by atoms with E-state index in [9.17, 15) is 9.90 Å². The third-order valence-corrected chi connectivity index (χ3v) is 5.21. The zero-order valence-electron chi connectivity index (χ0n) is 15.1. The van der Waals surface area contributed by atoms with Crippen LogP contribution in [-0.4, -0.2) is 39.7 Å². The normalized spacial score (nSPS) is 17.0. The van der Waals surface area contributed by atoms with Crippen LogP contribution in [0.2, 0.25) is 0 Å². The summed E-state index contributed by atoms with van der Waals surface area (Å²) < 4.78 is 2.03. The Hall–Kier alpha value is -2.07. The summed E-state index contributed by atoms with van der Waals surface area (Å²) in [4.78, 5) is 14.7. The van der Waals surface area contributed by atoms with Crippen molar-refractivity contribution in [3.8, 4) is 0 Å². The molecular weight excluding hydrogens is 312 g/mol. The zero-order valence-corrected chi connectivity index (χ0v) is 15.1. The molecule has 1 saturated heterocycles. The summed E-state index contributed by atoms with van der Waals surface area (Å²) in [7, 11) is 0. The highest BCUT2D eigenvalue weighted by Gasteiger charge is 2.29. The van der Waals surface area contributed by atoms with Gasteiger partial charge in [0.1, 0.15) is 5.69 Å². The molecule has 1 aliphatic heterocycles. The fourth-order valence-corrected chi connectivity index (χ4v) is 3.70. The standard InChI is InChI=1S/C21H28N2O2/c1-16(2)23-12-6-9-19(23)21(25)22-13-10-18(11-14-22)20(24)15-17-7-4-3-5-8-17/h3-9,12,16,18,20,24H,10-11,13-15H2,1-2H3/t20-/m0/s1. The van der Waals surface area contributed by atoms with Crippen LogP contribution in [0.3, 0.4) is 0 Å². The van der Waals surface area contributed by atoms with E-state index in [-0.39, 0.29) is 24.0 Å². The van der Waals surface area contributed by atoms with Gasteiger partial charge < -0.3 is 14.6 Å². The second-order valence-electron chi connectivity index (χ2n) is 7.28. The summed E-state index contributed by atoms with van der Waals surface area (Å²) >= 11 is 0. The van der Waals surface area contributed by atoms with E-state index in [4.69, 9.17) is 0 Å². The summed E-state index contributed by atoms with van der Waals surface area (Å²) in [6, 6.07) is 14.2. The average molecular weight is 340 g/mol. The molecular formula is C21H28N2O2. The predicted octanol–water partition coefficient (Wildman–Crippen LogP) is 3.52. The molecule has 2 aromatic rings. The largest absolute Gasteiger partial charge is 0.392 e. The minimum absolute atomic E-state index is 0.106. The topological polar surface area (TPSA) is 45.5 Å². The molecule has 4 nitrogen and oxygen atoms in total. The molecule has 0 unspecified atom stereocenters. The third kappa shape index (κ3) is 4.13. The van der Waals surface area contributed by atoms with Crippen molar-refractivity contribution in [3.63, 3.8) is 0 Å². The van der Waals surface area contributed by atoms with Crippen LogP contribution in [0.4, 0.5) is 0 Å². The predicted molar refractivity (Wildman–Crippen MR) is 99.6 cm³/mol. The molecule has 3 rings (SSSR count). The van der Waals surface area contributed by atoms with E-state index in [1.165, 1.54) is 5.56 Å². The first kappa shape index (κ1) is 17.7. The van der Waals surface area contributed by atoms with E-state index >= 15 is 0 Å². The van der Waals surface area contributed by atoms with E-state index in [2.05, 4.69) is 26.0 Å². The maximum absolute atomic E-state index is 12.8. The van der Waals surface area contributed by atoms with Crippen molar-refractivity contribution in [1.29, 1.82) is 0 Å². The molecule has 0 radical (unpaired) electrons. The lowest BCUT2D eigenvalue weighted by molar-refractivity contribution is 0.0460. The number of nitrogens with zero attached hydrogens (tertiary/aromatic N) is 2. The lowest BCUT2D eigenvalue weighted by Crippen LogP contribution is -2.42.